The second kappa shape index (κ2) is 6.46. The van der Waals surface area contributed by atoms with Gasteiger partial charge in [0.2, 0.25) is 0 Å². The lowest BCUT2D eigenvalue weighted by Gasteiger charge is -2.13. The zero-order valence-corrected chi connectivity index (χ0v) is 10.9. The minimum Gasteiger partial charge on any atom is -0.439 e. The fraction of sp³-hybridized carbons (Fsp3) is 0.545. The molecule has 1 fully saturated rings. The topological polar surface area (TPSA) is 115 Å². The average Bonchev–Trinajstić information content (AvgIpc) is 2.83. The molecule has 0 radical (unpaired) electrons. The molecule has 1 saturated heterocycles. The average molecular weight is 285 g/mol. The molecule has 1 aromatic heterocycles. The van der Waals surface area contributed by atoms with Crippen molar-refractivity contribution in [3.8, 4) is 0 Å². The van der Waals surface area contributed by atoms with Crippen molar-refractivity contribution in [2.24, 2.45) is 0 Å². The molecule has 0 amide bonds. The summed E-state index contributed by atoms with van der Waals surface area (Å²) in [4.78, 5) is 25.7. The van der Waals surface area contributed by atoms with E-state index in [1.807, 2.05) is 0 Å². The van der Waals surface area contributed by atoms with Gasteiger partial charge in [-0.25, -0.2) is 4.79 Å². The number of hydrogen-bond donors (Lipinski definition) is 1. The van der Waals surface area contributed by atoms with E-state index in [0.717, 1.165) is 0 Å². The molecule has 0 bridgehead atoms. The van der Waals surface area contributed by atoms with Gasteiger partial charge in [-0.2, -0.15) is 4.98 Å². The Balaban J connectivity index is 1.83. The summed E-state index contributed by atoms with van der Waals surface area (Å²) in [5.74, 6) is -0.290. The van der Waals surface area contributed by atoms with Crippen molar-refractivity contribution < 1.29 is 23.7 Å². The van der Waals surface area contributed by atoms with Crippen molar-refractivity contribution in [2.45, 2.75) is 19.4 Å². The molecule has 2 N–H and O–H groups in total. The van der Waals surface area contributed by atoms with Crippen molar-refractivity contribution >= 4 is 11.8 Å². The number of nitrogen functional groups attached to an aromatic ring is 1. The van der Waals surface area contributed by atoms with Crippen LogP contribution in [0.25, 0.3) is 0 Å². The molecule has 1 aromatic rings. The number of aromatic nitrogens is 2. The van der Waals surface area contributed by atoms with Crippen molar-refractivity contribution in [2.75, 3.05) is 25.7 Å². The summed E-state index contributed by atoms with van der Waals surface area (Å²) in [6.07, 6.45) is 0.263. The van der Waals surface area contributed by atoms with Gasteiger partial charge in [0.05, 0.1) is 6.61 Å². The molecule has 1 aliphatic heterocycles. The van der Waals surface area contributed by atoms with Crippen LogP contribution in [0.15, 0.2) is 17.1 Å². The Labute approximate surface area is 114 Å². The van der Waals surface area contributed by atoms with Crippen LogP contribution in [-0.2, 0) is 23.7 Å². The van der Waals surface area contributed by atoms with Gasteiger partial charge in [0, 0.05) is 13.1 Å². The monoisotopic (exact) mass is 285 g/mol. The maximum atomic E-state index is 11.6. The normalized spacial score (nSPS) is 21.9. The molecule has 110 valence electrons. The van der Waals surface area contributed by atoms with Gasteiger partial charge in [0.25, 0.3) is 0 Å². The van der Waals surface area contributed by atoms with E-state index < -0.39 is 24.2 Å². The number of nitrogens with two attached hydrogens (primary N) is 1. The Kier molecular flexibility index (Phi) is 4.66. The summed E-state index contributed by atoms with van der Waals surface area (Å²) in [6.45, 7) is 1.38. The van der Waals surface area contributed by atoms with Gasteiger partial charge in [-0.15, -0.1) is 0 Å². The van der Waals surface area contributed by atoms with Crippen LogP contribution in [-0.4, -0.2) is 41.8 Å². The number of carbonyl (C=O) groups is 1. The minimum atomic E-state index is -0.639. The number of ether oxygens (including phenoxy) is 4. The van der Waals surface area contributed by atoms with Gasteiger partial charge in [-0.1, -0.05) is 0 Å². The first-order chi connectivity index (χ1) is 9.56. The van der Waals surface area contributed by atoms with Crippen LogP contribution in [0.1, 0.15) is 13.2 Å². The lowest BCUT2D eigenvalue weighted by Crippen LogP contribution is -2.28. The largest absolute Gasteiger partial charge is 0.439 e. The quantitative estimate of drug-likeness (QED) is 0.426. The molecule has 9 heteroatoms. The minimum absolute atomic E-state index is 0.0843. The highest BCUT2D eigenvalue weighted by atomic mass is 16.8. The van der Waals surface area contributed by atoms with Crippen LogP contribution in [0, 0.1) is 0 Å². The van der Waals surface area contributed by atoms with Crippen molar-refractivity contribution in [3.63, 3.8) is 0 Å². The van der Waals surface area contributed by atoms with Gasteiger partial charge in [-0.05, 0) is 6.07 Å². The molecule has 2 unspecified atom stereocenters. The predicted octanol–water partition coefficient (Wildman–Crippen LogP) is -0.766. The van der Waals surface area contributed by atoms with Crippen LogP contribution >= 0.6 is 0 Å². The van der Waals surface area contributed by atoms with Crippen LogP contribution in [0.4, 0.5) is 5.82 Å². The maximum absolute atomic E-state index is 11.6. The van der Waals surface area contributed by atoms with Gasteiger partial charge < -0.3 is 24.7 Å². The number of rotatable bonds is 5. The van der Waals surface area contributed by atoms with E-state index in [1.54, 1.807) is 0 Å². The summed E-state index contributed by atoms with van der Waals surface area (Å²) in [7, 11) is 0. The first-order valence-corrected chi connectivity index (χ1v) is 5.89. The fourth-order valence-corrected chi connectivity index (χ4v) is 1.59. The summed E-state index contributed by atoms with van der Waals surface area (Å²) in [5, 5.41) is 0. The van der Waals surface area contributed by atoms with Crippen molar-refractivity contribution in [3.05, 3.63) is 22.7 Å². The zero-order chi connectivity index (χ0) is 14.5. The lowest BCUT2D eigenvalue weighted by molar-refractivity contribution is -0.168. The Morgan fingerprint density at radius 1 is 1.65 bits per heavy atom. The van der Waals surface area contributed by atoms with Crippen LogP contribution in [0.3, 0.4) is 0 Å². The maximum Gasteiger partial charge on any atom is 0.351 e. The number of anilines is 1. The van der Waals surface area contributed by atoms with E-state index in [-0.39, 0.29) is 25.8 Å². The van der Waals surface area contributed by atoms with E-state index in [0.29, 0.717) is 0 Å². The Morgan fingerprint density at radius 2 is 2.45 bits per heavy atom. The van der Waals surface area contributed by atoms with Gasteiger partial charge in [-0.3, -0.25) is 9.36 Å². The molecule has 2 rings (SSSR count). The smallest absolute Gasteiger partial charge is 0.351 e. The third-order valence-corrected chi connectivity index (χ3v) is 2.49. The van der Waals surface area contributed by atoms with Crippen LogP contribution < -0.4 is 11.4 Å². The van der Waals surface area contributed by atoms with Crippen molar-refractivity contribution in [1.29, 1.82) is 0 Å². The second-order valence-corrected chi connectivity index (χ2v) is 4.02. The van der Waals surface area contributed by atoms with E-state index in [1.165, 1.54) is 23.8 Å². The number of carbonyl (C=O) groups excluding carboxylic acids is 1. The Morgan fingerprint density at radius 3 is 3.15 bits per heavy atom. The predicted molar refractivity (Wildman–Crippen MR) is 65.4 cm³/mol. The molecule has 0 saturated carbocycles. The molecular weight excluding hydrogens is 270 g/mol. The first kappa shape index (κ1) is 14.4. The summed E-state index contributed by atoms with van der Waals surface area (Å²) in [5.41, 5.74) is 4.89. The molecule has 1 aliphatic rings. The lowest BCUT2D eigenvalue weighted by atomic mass is 10.5. The fourth-order valence-electron chi connectivity index (χ4n) is 1.59. The van der Waals surface area contributed by atoms with Crippen LogP contribution in [0.5, 0.6) is 0 Å². The zero-order valence-electron chi connectivity index (χ0n) is 10.9. The third-order valence-electron chi connectivity index (χ3n) is 2.49. The summed E-state index contributed by atoms with van der Waals surface area (Å²) in [6, 6.07) is 1.50. The van der Waals surface area contributed by atoms with E-state index in [9.17, 15) is 9.59 Å². The first-order valence-electron chi connectivity index (χ1n) is 5.89. The molecule has 2 heterocycles. The van der Waals surface area contributed by atoms with Crippen LogP contribution in [0.2, 0.25) is 0 Å². The third kappa shape index (κ3) is 3.76. The number of esters is 1. The second-order valence-electron chi connectivity index (χ2n) is 4.02. The van der Waals surface area contributed by atoms with Crippen molar-refractivity contribution in [1.82, 2.24) is 9.55 Å². The van der Waals surface area contributed by atoms with E-state index in [2.05, 4.69) is 9.72 Å². The highest BCUT2D eigenvalue weighted by Gasteiger charge is 2.28. The standard InChI is InChI=1S/C11H15N3O6/c1-7(15)19-6-17-5-10-18-4-9(20-10)14-3-2-8(12)13-11(14)16/h2-3,9-10H,4-6H2,1H3,(H2,12,13,16). The highest BCUT2D eigenvalue weighted by Crippen LogP contribution is 2.19. The summed E-state index contributed by atoms with van der Waals surface area (Å²) < 4.78 is 21.7. The van der Waals surface area contributed by atoms with Gasteiger partial charge in [0.15, 0.2) is 19.3 Å². The molecule has 0 aromatic carbocycles. The van der Waals surface area contributed by atoms with E-state index in [4.69, 9.17) is 19.9 Å². The molecular formula is C11H15N3O6. The highest BCUT2D eigenvalue weighted by molar-refractivity contribution is 5.65. The van der Waals surface area contributed by atoms with E-state index >= 15 is 0 Å². The molecule has 0 spiro atoms. The Hall–Kier alpha value is -1.97. The molecule has 20 heavy (non-hydrogen) atoms. The Bertz CT molecular complexity index is 531. The number of nitrogens with zero attached hydrogens (tertiary/aromatic N) is 2. The summed E-state index contributed by atoms with van der Waals surface area (Å²) >= 11 is 0. The molecule has 0 aliphatic carbocycles. The van der Waals surface area contributed by atoms with Gasteiger partial charge in [0.1, 0.15) is 12.4 Å². The molecule has 9 nitrogen and oxygen atoms in total. The number of hydrogen-bond acceptors (Lipinski definition) is 8. The SMILES string of the molecule is CC(=O)OCOCC1OCC(n2ccc(N)nc2=O)O1. The molecule has 2 atom stereocenters. The van der Waals surface area contributed by atoms with Gasteiger partial charge >= 0.3 is 11.7 Å².